The van der Waals surface area contributed by atoms with Crippen LogP contribution < -0.4 is 5.32 Å². The number of anilines is 1. The molecular weight excluding hydrogens is 468 g/mol. The number of amides is 2. The zero-order valence-electron chi connectivity index (χ0n) is 17.1. The number of rotatable bonds is 7. The SMILES string of the molecule is CN(CC(=O)Nc1ccc(Cl)c(C(F)(F)F)c1)C(=O)CCc1nc(-c2ccc(F)cc2)no1. The molecule has 0 atom stereocenters. The maximum atomic E-state index is 13.0. The summed E-state index contributed by atoms with van der Waals surface area (Å²) in [5.74, 6) is -1.08. The Balaban J connectivity index is 1.52. The van der Waals surface area contributed by atoms with Crippen LogP contribution in [0.4, 0.5) is 23.2 Å². The monoisotopic (exact) mass is 484 g/mol. The molecule has 0 saturated carbocycles. The lowest BCUT2D eigenvalue weighted by molar-refractivity contribution is -0.137. The highest BCUT2D eigenvalue weighted by molar-refractivity contribution is 6.31. The van der Waals surface area contributed by atoms with Crippen LogP contribution in [0.5, 0.6) is 0 Å². The summed E-state index contributed by atoms with van der Waals surface area (Å²) >= 11 is 5.55. The highest BCUT2D eigenvalue weighted by Gasteiger charge is 2.33. The fourth-order valence-electron chi connectivity index (χ4n) is 2.80. The number of halogens is 5. The van der Waals surface area contributed by atoms with E-state index < -0.39 is 34.4 Å². The highest BCUT2D eigenvalue weighted by Crippen LogP contribution is 2.36. The number of carbonyl (C=O) groups excluding carboxylic acids is 2. The number of nitrogens with zero attached hydrogens (tertiary/aromatic N) is 3. The summed E-state index contributed by atoms with van der Waals surface area (Å²) in [6.07, 6.45) is -4.62. The quantitative estimate of drug-likeness (QED) is 0.496. The predicted molar refractivity (Wildman–Crippen MR) is 111 cm³/mol. The standard InChI is InChI=1S/C21H17ClF4N4O3/c1-30(11-17(31)27-14-6-7-16(22)15(10-14)21(24,25)26)19(32)9-8-18-28-20(29-33-18)12-2-4-13(23)5-3-12/h2-7,10H,8-9,11H2,1H3,(H,27,31). The molecule has 0 fully saturated rings. The van der Waals surface area contributed by atoms with Crippen molar-refractivity contribution in [3.05, 3.63) is 64.8 Å². The molecule has 0 saturated heterocycles. The molecule has 1 N–H and O–H groups in total. The molecule has 174 valence electrons. The largest absolute Gasteiger partial charge is 0.417 e. The number of nitrogens with one attached hydrogen (secondary N) is 1. The zero-order valence-corrected chi connectivity index (χ0v) is 17.9. The average Bonchev–Trinajstić information content (AvgIpc) is 3.22. The van der Waals surface area contributed by atoms with Crippen LogP contribution in [0.25, 0.3) is 11.4 Å². The van der Waals surface area contributed by atoms with E-state index in [9.17, 15) is 27.2 Å². The first-order valence-corrected chi connectivity index (χ1v) is 9.90. The van der Waals surface area contributed by atoms with Crippen molar-refractivity contribution < 1.29 is 31.7 Å². The Morgan fingerprint density at radius 3 is 2.52 bits per heavy atom. The first-order valence-electron chi connectivity index (χ1n) is 9.52. The van der Waals surface area contributed by atoms with Gasteiger partial charge in [0.05, 0.1) is 17.1 Å². The normalized spacial score (nSPS) is 11.3. The Labute approximate surface area is 190 Å². The van der Waals surface area contributed by atoms with Gasteiger partial charge >= 0.3 is 6.18 Å². The van der Waals surface area contributed by atoms with E-state index >= 15 is 0 Å². The highest BCUT2D eigenvalue weighted by atomic mass is 35.5. The third-order valence-corrected chi connectivity index (χ3v) is 4.81. The van der Waals surface area contributed by atoms with Crippen LogP contribution in [-0.2, 0) is 22.2 Å². The Kier molecular flexibility index (Phi) is 7.32. The lowest BCUT2D eigenvalue weighted by Crippen LogP contribution is -2.35. The minimum Gasteiger partial charge on any atom is -0.339 e. The molecule has 1 heterocycles. The van der Waals surface area contributed by atoms with E-state index in [0.29, 0.717) is 5.56 Å². The van der Waals surface area contributed by atoms with Gasteiger partial charge in [0.25, 0.3) is 0 Å². The molecule has 3 rings (SSSR count). The van der Waals surface area contributed by atoms with Gasteiger partial charge < -0.3 is 14.7 Å². The van der Waals surface area contributed by atoms with E-state index in [2.05, 4.69) is 15.5 Å². The van der Waals surface area contributed by atoms with Gasteiger partial charge in [-0.25, -0.2) is 4.39 Å². The molecule has 1 aromatic heterocycles. The van der Waals surface area contributed by atoms with Gasteiger partial charge in [-0.1, -0.05) is 16.8 Å². The number of likely N-dealkylation sites (N-methyl/N-ethyl adjacent to an activating group) is 1. The van der Waals surface area contributed by atoms with Crippen molar-refractivity contribution in [3.63, 3.8) is 0 Å². The predicted octanol–water partition coefficient (Wildman–Crippen LogP) is 4.58. The molecule has 2 amide bonds. The maximum Gasteiger partial charge on any atom is 0.417 e. The summed E-state index contributed by atoms with van der Waals surface area (Å²) in [7, 11) is 1.38. The molecule has 3 aromatic rings. The van der Waals surface area contributed by atoms with E-state index in [-0.39, 0.29) is 36.8 Å². The van der Waals surface area contributed by atoms with Crippen molar-refractivity contribution >= 4 is 29.1 Å². The van der Waals surface area contributed by atoms with E-state index in [1.807, 2.05) is 0 Å². The summed E-state index contributed by atoms with van der Waals surface area (Å²) in [6, 6.07) is 8.45. The summed E-state index contributed by atoms with van der Waals surface area (Å²) in [6.45, 7) is -0.381. The van der Waals surface area contributed by atoms with Crippen molar-refractivity contribution in [1.82, 2.24) is 15.0 Å². The van der Waals surface area contributed by atoms with Gasteiger partial charge in [-0.05, 0) is 42.5 Å². The maximum absolute atomic E-state index is 13.0. The second-order valence-corrected chi connectivity index (χ2v) is 7.42. The minimum atomic E-state index is -4.67. The van der Waals surface area contributed by atoms with Gasteiger partial charge in [-0.3, -0.25) is 9.59 Å². The molecule has 0 unspecified atom stereocenters. The molecule has 12 heteroatoms. The van der Waals surface area contributed by atoms with Crippen molar-refractivity contribution in [2.45, 2.75) is 19.0 Å². The third kappa shape index (κ3) is 6.51. The van der Waals surface area contributed by atoms with Gasteiger partial charge in [0.15, 0.2) is 0 Å². The van der Waals surface area contributed by atoms with Crippen LogP contribution in [0.3, 0.4) is 0 Å². The van der Waals surface area contributed by atoms with Crippen LogP contribution in [0, 0.1) is 5.82 Å². The van der Waals surface area contributed by atoms with Gasteiger partial charge in [-0.2, -0.15) is 18.2 Å². The summed E-state index contributed by atoms with van der Waals surface area (Å²) < 4.78 is 56.9. The second-order valence-electron chi connectivity index (χ2n) is 7.01. The van der Waals surface area contributed by atoms with Crippen molar-refractivity contribution in [2.75, 3.05) is 18.9 Å². The number of hydrogen-bond donors (Lipinski definition) is 1. The van der Waals surface area contributed by atoms with Crippen molar-refractivity contribution in [1.29, 1.82) is 0 Å². The first kappa shape index (κ1) is 24.2. The number of aromatic nitrogens is 2. The third-order valence-electron chi connectivity index (χ3n) is 4.49. The lowest BCUT2D eigenvalue weighted by Gasteiger charge is -2.17. The summed E-state index contributed by atoms with van der Waals surface area (Å²) in [4.78, 5) is 29.7. The lowest BCUT2D eigenvalue weighted by atomic mass is 10.2. The van der Waals surface area contributed by atoms with Gasteiger partial charge in [-0.15, -0.1) is 0 Å². The number of alkyl halides is 3. The molecule has 2 aromatic carbocycles. The van der Waals surface area contributed by atoms with E-state index in [1.165, 1.54) is 37.4 Å². The first-order chi connectivity index (χ1) is 15.5. The molecule has 0 aliphatic heterocycles. The summed E-state index contributed by atoms with van der Waals surface area (Å²) in [5, 5.41) is 5.60. The molecule has 0 radical (unpaired) electrons. The van der Waals surface area contributed by atoms with Crippen LogP contribution in [-0.4, -0.2) is 40.4 Å². The fourth-order valence-corrected chi connectivity index (χ4v) is 3.03. The molecule has 0 aliphatic rings. The summed E-state index contributed by atoms with van der Waals surface area (Å²) in [5.41, 5.74) is -0.634. The molecule has 0 bridgehead atoms. The Morgan fingerprint density at radius 1 is 1.15 bits per heavy atom. The number of benzene rings is 2. The average molecular weight is 485 g/mol. The minimum absolute atomic E-state index is 0.0476. The Bertz CT molecular complexity index is 1150. The fraction of sp³-hybridized carbons (Fsp3) is 0.238. The van der Waals surface area contributed by atoms with Crippen LogP contribution >= 0.6 is 11.6 Å². The van der Waals surface area contributed by atoms with Crippen LogP contribution in [0.1, 0.15) is 17.9 Å². The molecule has 0 aliphatic carbocycles. The van der Waals surface area contributed by atoms with E-state index in [1.54, 1.807) is 0 Å². The second kappa shape index (κ2) is 9.99. The van der Waals surface area contributed by atoms with Gasteiger partial charge in [0.1, 0.15) is 5.82 Å². The number of carbonyl (C=O) groups is 2. The van der Waals surface area contributed by atoms with Crippen molar-refractivity contribution in [3.8, 4) is 11.4 Å². The van der Waals surface area contributed by atoms with E-state index in [4.69, 9.17) is 16.1 Å². The van der Waals surface area contributed by atoms with E-state index in [0.717, 1.165) is 17.0 Å². The molecule has 33 heavy (non-hydrogen) atoms. The molecule has 0 spiro atoms. The topological polar surface area (TPSA) is 88.3 Å². The van der Waals surface area contributed by atoms with Gasteiger partial charge in [0.2, 0.25) is 23.5 Å². The number of aryl methyl sites for hydroxylation is 1. The van der Waals surface area contributed by atoms with Crippen LogP contribution in [0.15, 0.2) is 47.0 Å². The molecular formula is C21H17ClF4N4O3. The Hall–Kier alpha value is -3.47. The van der Waals surface area contributed by atoms with Gasteiger partial charge in [0, 0.05) is 31.1 Å². The smallest absolute Gasteiger partial charge is 0.339 e. The van der Waals surface area contributed by atoms with Crippen molar-refractivity contribution in [2.24, 2.45) is 0 Å². The zero-order chi connectivity index (χ0) is 24.2. The van der Waals surface area contributed by atoms with Crippen LogP contribution in [0.2, 0.25) is 5.02 Å². The number of hydrogen-bond acceptors (Lipinski definition) is 5. The Morgan fingerprint density at radius 2 is 1.85 bits per heavy atom. The molecule has 7 nitrogen and oxygen atoms in total.